The van der Waals surface area contributed by atoms with Crippen LogP contribution in [0, 0.1) is 0 Å². The van der Waals surface area contributed by atoms with Crippen molar-refractivity contribution in [2.75, 3.05) is 0 Å². The number of rotatable bonds is 3. The van der Waals surface area contributed by atoms with E-state index in [1.54, 1.807) is 0 Å². The minimum absolute atomic E-state index is 0.00454. The summed E-state index contributed by atoms with van der Waals surface area (Å²) in [5.41, 5.74) is -0.0596. The van der Waals surface area contributed by atoms with Crippen molar-refractivity contribution in [3.05, 3.63) is 48.0 Å². The van der Waals surface area contributed by atoms with Crippen LogP contribution in [0.4, 0.5) is 0 Å². The molecule has 1 aromatic rings. The molecule has 0 amide bonds. The highest BCUT2D eigenvalue weighted by atomic mass is 16.6. The van der Waals surface area contributed by atoms with Gasteiger partial charge in [-0.1, -0.05) is 12.6 Å². The molecule has 0 aliphatic rings. The first kappa shape index (κ1) is 11.6. The Morgan fingerprint density at radius 3 is 2.44 bits per heavy atom. The Kier molecular flexibility index (Phi) is 3.55. The van der Waals surface area contributed by atoms with E-state index in [0.29, 0.717) is 0 Å². The van der Waals surface area contributed by atoms with Gasteiger partial charge in [-0.25, -0.2) is 14.4 Å². The van der Waals surface area contributed by atoms with E-state index in [-0.39, 0.29) is 11.1 Å². The predicted molar refractivity (Wildman–Crippen MR) is 54.0 cm³/mol. The fourth-order valence-corrected chi connectivity index (χ4v) is 0.971. The van der Waals surface area contributed by atoms with Crippen molar-refractivity contribution in [3.63, 3.8) is 0 Å². The number of esters is 2. The molecule has 1 aromatic carbocycles. The normalized spacial score (nSPS) is 9.25. The second-order valence-electron chi connectivity index (χ2n) is 2.80. The number of aromatic carboxylic acids is 1. The SMILES string of the molecule is C=CC(=O)OC(=O)c1cccc(C(=O)O)c1. The molecule has 0 aliphatic heterocycles. The molecule has 5 heteroatoms. The number of hydrogen-bond acceptors (Lipinski definition) is 4. The highest BCUT2D eigenvalue weighted by Gasteiger charge is 2.12. The zero-order chi connectivity index (χ0) is 12.1. The lowest BCUT2D eigenvalue weighted by molar-refractivity contribution is -0.132. The van der Waals surface area contributed by atoms with Gasteiger partial charge in [0.15, 0.2) is 0 Å². The fourth-order valence-electron chi connectivity index (χ4n) is 0.971. The van der Waals surface area contributed by atoms with E-state index in [0.717, 1.165) is 12.1 Å². The van der Waals surface area contributed by atoms with Crippen LogP contribution >= 0.6 is 0 Å². The summed E-state index contributed by atoms with van der Waals surface area (Å²) >= 11 is 0. The van der Waals surface area contributed by atoms with Crippen LogP contribution in [-0.2, 0) is 9.53 Å². The summed E-state index contributed by atoms with van der Waals surface area (Å²) in [5.74, 6) is -2.96. The summed E-state index contributed by atoms with van der Waals surface area (Å²) in [4.78, 5) is 32.7. The molecule has 0 saturated carbocycles. The van der Waals surface area contributed by atoms with Crippen LogP contribution in [0.3, 0.4) is 0 Å². The Bertz CT molecular complexity index is 461. The van der Waals surface area contributed by atoms with Crippen molar-refractivity contribution >= 4 is 17.9 Å². The van der Waals surface area contributed by atoms with Crippen molar-refractivity contribution in [1.29, 1.82) is 0 Å². The molecule has 5 nitrogen and oxygen atoms in total. The van der Waals surface area contributed by atoms with Crippen molar-refractivity contribution in [2.45, 2.75) is 0 Å². The van der Waals surface area contributed by atoms with E-state index in [9.17, 15) is 14.4 Å². The molecule has 0 spiro atoms. The summed E-state index contributed by atoms with van der Waals surface area (Å²) in [6.07, 6.45) is 0.846. The van der Waals surface area contributed by atoms with Gasteiger partial charge < -0.3 is 9.84 Å². The number of ether oxygens (including phenoxy) is 1. The third-order valence-corrected chi connectivity index (χ3v) is 1.71. The summed E-state index contributed by atoms with van der Waals surface area (Å²) in [5, 5.41) is 8.68. The molecule has 1 N–H and O–H groups in total. The Labute approximate surface area is 91.0 Å². The quantitative estimate of drug-likeness (QED) is 0.471. The first-order chi connectivity index (χ1) is 7.54. The van der Waals surface area contributed by atoms with Crippen LogP contribution in [0.25, 0.3) is 0 Å². The fraction of sp³-hybridized carbons (Fsp3) is 0. The van der Waals surface area contributed by atoms with Crippen LogP contribution in [0.1, 0.15) is 20.7 Å². The van der Waals surface area contributed by atoms with Gasteiger partial charge in [0.25, 0.3) is 0 Å². The van der Waals surface area contributed by atoms with E-state index in [2.05, 4.69) is 11.3 Å². The van der Waals surface area contributed by atoms with Crippen LogP contribution in [0.15, 0.2) is 36.9 Å². The van der Waals surface area contributed by atoms with Crippen LogP contribution < -0.4 is 0 Å². The minimum atomic E-state index is -1.16. The molecule has 0 atom stereocenters. The summed E-state index contributed by atoms with van der Waals surface area (Å²) < 4.78 is 4.33. The largest absolute Gasteiger partial charge is 0.478 e. The Morgan fingerprint density at radius 1 is 1.25 bits per heavy atom. The van der Waals surface area contributed by atoms with E-state index in [4.69, 9.17) is 5.11 Å². The number of benzene rings is 1. The van der Waals surface area contributed by atoms with E-state index < -0.39 is 17.9 Å². The third-order valence-electron chi connectivity index (χ3n) is 1.71. The van der Waals surface area contributed by atoms with Gasteiger partial charge in [0.1, 0.15) is 0 Å². The lowest BCUT2D eigenvalue weighted by Gasteiger charge is -2.01. The average Bonchev–Trinajstić information content (AvgIpc) is 2.28. The highest BCUT2D eigenvalue weighted by molar-refractivity contribution is 6.01. The van der Waals surface area contributed by atoms with E-state index >= 15 is 0 Å². The number of carboxylic acids is 1. The topological polar surface area (TPSA) is 80.7 Å². The number of carboxylic acid groups (broad SMARTS) is 1. The molecule has 0 aliphatic carbocycles. The maximum Gasteiger partial charge on any atom is 0.346 e. The van der Waals surface area contributed by atoms with Crippen LogP contribution in [-0.4, -0.2) is 23.0 Å². The second-order valence-corrected chi connectivity index (χ2v) is 2.80. The van der Waals surface area contributed by atoms with Crippen molar-refractivity contribution < 1.29 is 24.2 Å². The first-order valence-corrected chi connectivity index (χ1v) is 4.26. The lowest BCUT2D eigenvalue weighted by Crippen LogP contribution is -2.11. The maximum absolute atomic E-state index is 11.3. The number of carbonyl (C=O) groups excluding carboxylic acids is 2. The number of carbonyl (C=O) groups is 3. The first-order valence-electron chi connectivity index (χ1n) is 4.26. The Hall–Kier alpha value is -2.43. The van der Waals surface area contributed by atoms with Crippen molar-refractivity contribution in [2.24, 2.45) is 0 Å². The molecule has 0 unspecified atom stereocenters. The Morgan fingerprint density at radius 2 is 1.88 bits per heavy atom. The summed E-state index contributed by atoms with van der Waals surface area (Å²) in [6, 6.07) is 5.19. The molecular weight excluding hydrogens is 212 g/mol. The van der Waals surface area contributed by atoms with E-state index in [1.165, 1.54) is 18.2 Å². The molecule has 16 heavy (non-hydrogen) atoms. The minimum Gasteiger partial charge on any atom is -0.478 e. The maximum atomic E-state index is 11.3. The van der Waals surface area contributed by atoms with Crippen molar-refractivity contribution in [1.82, 2.24) is 0 Å². The Balaban J connectivity index is 2.91. The second kappa shape index (κ2) is 4.88. The summed E-state index contributed by atoms with van der Waals surface area (Å²) in [6.45, 7) is 3.13. The lowest BCUT2D eigenvalue weighted by atomic mass is 10.1. The molecule has 0 fully saturated rings. The van der Waals surface area contributed by atoms with Gasteiger partial charge in [-0.2, -0.15) is 0 Å². The molecule has 82 valence electrons. The zero-order valence-electron chi connectivity index (χ0n) is 8.17. The molecule has 0 saturated heterocycles. The van der Waals surface area contributed by atoms with Crippen molar-refractivity contribution in [3.8, 4) is 0 Å². The molecule has 0 bridgehead atoms. The van der Waals surface area contributed by atoms with Gasteiger partial charge in [-0.3, -0.25) is 0 Å². The van der Waals surface area contributed by atoms with Crippen LogP contribution in [0.2, 0.25) is 0 Å². The van der Waals surface area contributed by atoms with Gasteiger partial charge in [0.2, 0.25) is 0 Å². The standard InChI is InChI=1S/C11H8O5/c1-2-9(12)16-11(15)8-5-3-4-7(6-8)10(13)14/h2-6H,1H2,(H,13,14). The predicted octanol–water partition coefficient (Wildman–Crippen LogP) is 1.25. The van der Waals surface area contributed by atoms with Gasteiger partial charge in [0.05, 0.1) is 11.1 Å². The van der Waals surface area contributed by atoms with E-state index in [1.807, 2.05) is 0 Å². The molecule has 1 rings (SSSR count). The van der Waals surface area contributed by atoms with Gasteiger partial charge in [0, 0.05) is 6.08 Å². The average molecular weight is 220 g/mol. The van der Waals surface area contributed by atoms with Gasteiger partial charge in [-0.15, -0.1) is 0 Å². The van der Waals surface area contributed by atoms with Gasteiger partial charge >= 0.3 is 17.9 Å². The molecule has 0 radical (unpaired) electrons. The van der Waals surface area contributed by atoms with Crippen LogP contribution in [0.5, 0.6) is 0 Å². The molecule has 0 heterocycles. The monoisotopic (exact) mass is 220 g/mol. The van der Waals surface area contributed by atoms with Gasteiger partial charge in [-0.05, 0) is 18.2 Å². The number of hydrogen-bond donors (Lipinski definition) is 1. The molecule has 0 aromatic heterocycles. The zero-order valence-corrected chi connectivity index (χ0v) is 8.17. The third kappa shape index (κ3) is 2.78. The highest BCUT2D eigenvalue weighted by Crippen LogP contribution is 2.07. The summed E-state index contributed by atoms with van der Waals surface area (Å²) in [7, 11) is 0. The smallest absolute Gasteiger partial charge is 0.346 e. The molecular formula is C11H8O5.